The maximum Gasteiger partial charge on any atom is 0.144 e. The Balaban J connectivity index is 2.17. The van der Waals surface area contributed by atoms with Gasteiger partial charge in [0.1, 0.15) is 18.1 Å². The summed E-state index contributed by atoms with van der Waals surface area (Å²) in [5, 5.41) is 0. The highest BCUT2D eigenvalue weighted by Crippen LogP contribution is 2.34. The van der Waals surface area contributed by atoms with E-state index in [0.29, 0.717) is 24.7 Å². The van der Waals surface area contributed by atoms with Gasteiger partial charge in [-0.3, -0.25) is 4.79 Å². The van der Waals surface area contributed by atoms with Crippen molar-refractivity contribution in [3.8, 4) is 5.75 Å². The second kappa shape index (κ2) is 4.05. The maximum atomic E-state index is 11.9. The van der Waals surface area contributed by atoms with Gasteiger partial charge in [-0.25, -0.2) is 0 Å². The Hall–Kier alpha value is -1.31. The van der Waals surface area contributed by atoms with Crippen molar-refractivity contribution in [1.29, 1.82) is 0 Å². The van der Waals surface area contributed by atoms with E-state index < -0.39 is 0 Å². The summed E-state index contributed by atoms with van der Waals surface area (Å²) in [6.45, 7) is 4.66. The Labute approximate surface area is 90.3 Å². The quantitative estimate of drug-likeness (QED) is 0.756. The molecule has 1 unspecified atom stereocenters. The zero-order chi connectivity index (χ0) is 10.8. The zero-order valence-electron chi connectivity index (χ0n) is 9.19. The van der Waals surface area contributed by atoms with Crippen LogP contribution >= 0.6 is 0 Å². The van der Waals surface area contributed by atoms with Crippen LogP contribution in [0.4, 0.5) is 0 Å². The van der Waals surface area contributed by atoms with Crippen LogP contribution in [0.25, 0.3) is 0 Å². The molecule has 0 aromatic heterocycles. The Bertz CT molecular complexity index is 369. The largest absolute Gasteiger partial charge is 0.492 e. The molecule has 1 aromatic carbocycles. The van der Waals surface area contributed by atoms with Crippen LogP contribution in [0, 0.1) is 5.92 Å². The maximum absolute atomic E-state index is 11.9. The average Bonchev–Trinajstić information content (AvgIpc) is 2.59. The molecule has 15 heavy (non-hydrogen) atoms. The van der Waals surface area contributed by atoms with Crippen LogP contribution in [0.5, 0.6) is 5.75 Å². The number of fused-ring (bicyclic) bond motifs is 1. The summed E-state index contributed by atoms with van der Waals surface area (Å²) in [5.74, 6) is 1.56. The zero-order valence-corrected chi connectivity index (χ0v) is 9.19. The van der Waals surface area contributed by atoms with Crippen molar-refractivity contribution in [3.05, 3.63) is 29.8 Å². The van der Waals surface area contributed by atoms with Crippen LogP contribution in [0.3, 0.4) is 0 Å². The molecule has 1 heterocycles. The predicted molar refractivity (Wildman–Crippen MR) is 59.1 cm³/mol. The van der Waals surface area contributed by atoms with Gasteiger partial charge >= 0.3 is 0 Å². The number of benzene rings is 1. The first-order valence-corrected chi connectivity index (χ1v) is 5.43. The molecule has 1 aliphatic heterocycles. The molecule has 0 N–H and O–H groups in total. The van der Waals surface area contributed by atoms with E-state index in [0.717, 1.165) is 11.3 Å². The van der Waals surface area contributed by atoms with Crippen molar-refractivity contribution in [1.82, 2.24) is 0 Å². The lowest BCUT2D eigenvalue weighted by Crippen LogP contribution is -2.15. The van der Waals surface area contributed by atoms with E-state index in [1.165, 1.54) is 0 Å². The number of hydrogen-bond donors (Lipinski definition) is 0. The molecular weight excluding hydrogens is 188 g/mol. The van der Waals surface area contributed by atoms with Crippen LogP contribution in [0.15, 0.2) is 24.3 Å². The predicted octanol–water partition coefficient (Wildman–Crippen LogP) is 2.78. The molecule has 0 saturated heterocycles. The van der Waals surface area contributed by atoms with Gasteiger partial charge in [0.25, 0.3) is 0 Å². The summed E-state index contributed by atoms with van der Waals surface area (Å²) < 4.78 is 5.49. The van der Waals surface area contributed by atoms with Crippen molar-refractivity contribution in [2.45, 2.75) is 26.2 Å². The number of ether oxygens (including phenoxy) is 1. The average molecular weight is 204 g/mol. The van der Waals surface area contributed by atoms with E-state index in [1.54, 1.807) is 0 Å². The summed E-state index contributed by atoms with van der Waals surface area (Å²) in [6.07, 6.45) is 0.641. The first-order chi connectivity index (χ1) is 7.18. The molecular formula is C13H16O2. The molecule has 0 amide bonds. The number of ketones is 1. The van der Waals surface area contributed by atoms with Gasteiger partial charge in [-0.15, -0.1) is 0 Å². The highest BCUT2D eigenvalue weighted by molar-refractivity contribution is 5.87. The molecule has 0 saturated carbocycles. The summed E-state index contributed by atoms with van der Waals surface area (Å²) in [4.78, 5) is 11.9. The summed E-state index contributed by atoms with van der Waals surface area (Å²) in [6, 6.07) is 7.82. The minimum Gasteiger partial charge on any atom is -0.492 e. The minimum absolute atomic E-state index is 0.0383. The lowest BCUT2D eigenvalue weighted by atomic mass is 9.92. The number of rotatable bonds is 3. The normalized spacial score (nSPS) is 18.7. The van der Waals surface area contributed by atoms with Crippen molar-refractivity contribution in [2.75, 3.05) is 6.61 Å². The van der Waals surface area contributed by atoms with Gasteiger partial charge in [0, 0.05) is 12.0 Å². The molecule has 0 radical (unpaired) electrons. The standard InChI is InChI=1S/C13H16O2/c1-9(2)7-12(14)11-8-15-13-6-4-3-5-10(11)13/h3-6,9,11H,7-8H2,1-2H3. The number of carbonyl (C=O) groups is 1. The summed E-state index contributed by atoms with van der Waals surface area (Å²) in [7, 11) is 0. The van der Waals surface area contributed by atoms with Gasteiger partial charge in [0.2, 0.25) is 0 Å². The third kappa shape index (κ3) is 2.04. The van der Waals surface area contributed by atoms with Gasteiger partial charge in [0.05, 0.1) is 5.92 Å². The first-order valence-electron chi connectivity index (χ1n) is 5.43. The minimum atomic E-state index is -0.0383. The van der Waals surface area contributed by atoms with Crippen molar-refractivity contribution < 1.29 is 9.53 Å². The molecule has 0 bridgehead atoms. The molecule has 0 aliphatic carbocycles. The van der Waals surface area contributed by atoms with E-state index in [2.05, 4.69) is 13.8 Å². The summed E-state index contributed by atoms with van der Waals surface area (Å²) >= 11 is 0. The highest BCUT2D eigenvalue weighted by Gasteiger charge is 2.29. The SMILES string of the molecule is CC(C)CC(=O)C1COc2ccccc21. The lowest BCUT2D eigenvalue weighted by molar-refractivity contribution is -0.121. The van der Waals surface area contributed by atoms with Gasteiger partial charge < -0.3 is 4.74 Å². The van der Waals surface area contributed by atoms with Gasteiger partial charge in [-0.05, 0) is 12.0 Å². The first kappa shape index (κ1) is 10.2. The van der Waals surface area contributed by atoms with Crippen molar-refractivity contribution in [3.63, 3.8) is 0 Å². The van der Waals surface area contributed by atoms with E-state index in [4.69, 9.17) is 4.74 Å². The summed E-state index contributed by atoms with van der Waals surface area (Å²) in [5.41, 5.74) is 1.06. The van der Waals surface area contributed by atoms with E-state index >= 15 is 0 Å². The second-order valence-electron chi connectivity index (χ2n) is 4.47. The highest BCUT2D eigenvalue weighted by atomic mass is 16.5. The third-order valence-corrected chi connectivity index (χ3v) is 2.70. The molecule has 2 rings (SSSR count). The fourth-order valence-electron chi connectivity index (χ4n) is 1.97. The molecule has 80 valence electrons. The molecule has 0 fully saturated rings. The smallest absolute Gasteiger partial charge is 0.144 e. The Morgan fingerprint density at radius 1 is 1.47 bits per heavy atom. The van der Waals surface area contributed by atoms with Crippen molar-refractivity contribution in [2.24, 2.45) is 5.92 Å². The fraction of sp³-hybridized carbons (Fsp3) is 0.462. The monoisotopic (exact) mass is 204 g/mol. The van der Waals surface area contributed by atoms with Crippen molar-refractivity contribution >= 4 is 5.78 Å². The Morgan fingerprint density at radius 2 is 2.20 bits per heavy atom. The third-order valence-electron chi connectivity index (χ3n) is 2.70. The van der Waals surface area contributed by atoms with E-state index in [9.17, 15) is 4.79 Å². The molecule has 1 aliphatic rings. The lowest BCUT2D eigenvalue weighted by Gasteiger charge is -2.09. The molecule has 1 aromatic rings. The van der Waals surface area contributed by atoms with Crippen LogP contribution in [-0.2, 0) is 4.79 Å². The van der Waals surface area contributed by atoms with Gasteiger partial charge in [-0.2, -0.15) is 0 Å². The molecule has 1 atom stereocenters. The number of hydrogen-bond acceptors (Lipinski definition) is 2. The topological polar surface area (TPSA) is 26.3 Å². The molecule has 0 spiro atoms. The van der Waals surface area contributed by atoms with E-state index in [-0.39, 0.29) is 5.92 Å². The second-order valence-corrected chi connectivity index (χ2v) is 4.47. The molecule has 2 nitrogen and oxygen atoms in total. The Morgan fingerprint density at radius 3 is 2.93 bits per heavy atom. The van der Waals surface area contributed by atoms with Crippen LogP contribution < -0.4 is 4.74 Å². The van der Waals surface area contributed by atoms with Crippen LogP contribution in [-0.4, -0.2) is 12.4 Å². The molecule has 2 heteroatoms. The number of Topliss-reactive ketones (excluding diaryl/α,β-unsaturated/α-hetero) is 1. The van der Waals surface area contributed by atoms with E-state index in [1.807, 2.05) is 24.3 Å². The fourth-order valence-corrected chi connectivity index (χ4v) is 1.97. The Kier molecular flexibility index (Phi) is 2.76. The van der Waals surface area contributed by atoms with Crippen LogP contribution in [0.2, 0.25) is 0 Å². The van der Waals surface area contributed by atoms with Crippen LogP contribution in [0.1, 0.15) is 31.7 Å². The number of carbonyl (C=O) groups excluding carboxylic acids is 1. The number of para-hydroxylation sites is 1. The van der Waals surface area contributed by atoms with Gasteiger partial charge in [-0.1, -0.05) is 32.0 Å². The van der Waals surface area contributed by atoms with Gasteiger partial charge in [0.15, 0.2) is 0 Å².